The fourth-order valence-corrected chi connectivity index (χ4v) is 3.34. The maximum absolute atomic E-state index is 13.6. The van der Waals surface area contributed by atoms with Crippen molar-refractivity contribution in [3.05, 3.63) is 64.7 Å². The van der Waals surface area contributed by atoms with Crippen LogP contribution in [-0.2, 0) is 10.3 Å². The number of imide groups is 1. The molecule has 3 rings (SSSR count). The SMILES string of the molecule is Cc1cccc(C)c1OC[C@H](O)CN1C(=O)N[C@@](C)(c2ccc(F)c(F)c2)C1=O. The fraction of sp³-hybridized carbons (Fsp3) is 0.333. The molecule has 1 fully saturated rings. The summed E-state index contributed by atoms with van der Waals surface area (Å²) in [6.07, 6.45) is -1.13. The second-order valence-electron chi connectivity index (χ2n) is 7.29. The summed E-state index contributed by atoms with van der Waals surface area (Å²) < 4.78 is 32.5. The highest BCUT2D eigenvalue weighted by Crippen LogP contribution is 2.30. The zero-order valence-corrected chi connectivity index (χ0v) is 16.3. The van der Waals surface area contributed by atoms with Crippen molar-refractivity contribution >= 4 is 11.9 Å². The number of para-hydroxylation sites is 1. The molecule has 3 amide bonds. The lowest BCUT2D eigenvalue weighted by Crippen LogP contribution is -2.43. The molecule has 1 saturated heterocycles. The number of aliphatic hydroxyl groups excluding tert-OH is 1. The number of carbonyl (C=O) groups excluding carboxylic acids is 2. The average Bonchev–Trinajstić information content (AvgIpc) is 2.87. The summed E-state index contributed by atoms with van der Waals surface area (Å²) in [5, 5.41) is 12.8. The summed E-state index contributed by atoms with van der Waals surface area (Å²) >= 11 is 0. The molecule has 0 aromatic heterocycles. The van der Waals surface area contributed by atoms with Crippen LogP contribution < -0.4 is 10.1 Å². The van der Waals surface area contributed by atoms with Gasteiger partial charge in [0, 0.05) is 0 Å². The molecule has 6 nitrogen and oxygen atoms in total. The molecule has 2 aromatic rings. The van der Waals surface area contributed by atoms with Crippen molar-refractivity contribution in [2.75, 3.05) is 13.2 Å². The van der Waals surface area contributed by atoms with Crippen LogP contribution in [0.3, 0.4) is 0 Å². The Hall–Kier alpha value is -3.00. The van der Waals surface area contributed by atoms with Gasteiger partial charge >= 0.3 is 6.03 Å². The first-order chi connectivity index (χ1) is 13.6. The quantitative estimate of drug-likeness (QED) is 0.726. The fourth-order valence-electron chi connectivity index (χ4n) is 3.34. The minimum atomic E-state index is -1.56. The Labute approximate surface area is 167 Å². The van der Waals surface area contributed by atoms with Crippen molar-refractivity contribution in [3.63, 3.8) is 0 Å². The highest BCUT2D eigenvalue weighted by atomic mass is 19.2. The van der Waals surface area contributed by atoms with Gasteiger partial charge in [-0.3, -0.25) is 9.69 Å². The zero-order chi connectivity index (χ0) is 21.3. The molecule has 2 atom stereocenters. The third kappa shape index (κ3) is 3.93. The number of nitrogens with zero attached hydrogens (tertiary/aromatic N) is 1. The largest absolute Gasteiger partial charge is 0.490 e. The van der Waals surface area contributed by atoms with Gasteiger partial charge in [0.15, 0.2) is 11.6 Å². The molecule has 0 spiro atoms. The molecule has 1 aliphatic heterocycles. The molecule has 2 N–H and O–H groups in total. The van der Waals surface area contributed by atoms with Crippen molar-refractivity contribution in [2.24, 2.45) is 0 Å². The summed E-state index contributed by atoms with van der Waals surface area (Å²) in [7, 11) is 0. The van der Waals surface area contributed by atoms with E-state index in [1.54, 1.807) is 0 Å². The molecule has 154 valence electrons. The topological polar surface area (TPSA) is 78.9 Å². The Morgan fingerprint density at radius 2 is 1.79 bits per heavy atom. The molecule has 29 heavy (non-hydrogen) atoms. The number of hydrogen-bond acceptors (Lipinski definition) is 4. The normalized spacial score (nSPS) is 20.0. The van der Waals surface area contributed by atoms with E-state index < -0.39 is 35.2 Å². The highest BCUT2D eigenvalue weighted by molar-refractivity contribution is 6.07. The van der Waals surface area contributed by atoms with Gasteiger partial charge in [-0.2, -0.15) is 0 Å². The third-order valence-electron chi connectivity index (χ3n) is 4.99. The Kier molecular flexibility index (Phi) is 5.57. The first-order valence-electron chi connectivity index (χ1n) is 9.10. The number of ether oxygens (including phenoxy) is 1. The Bertz CT molecular complexity index is 945. The summed E-state index contributed by atoms with van der Waals surface area (Å²) in [6, 6.07) is 7.91. The van der Waals surface area contributed by atoms with Crippen molar-refractivity contribution in [3.8, 4) is 5.75 Å². The molecule has 0 bridgehead atoms. The minimum Gasteiger partial charge on any atom is -0.490 e. The highest BCUT2D eigenvalue weighted by Gasteiger charge is 2.49. The predicted octanol–water partition coefficient (Wildman–Crippen LogP) is 2.79. The van der Waals surface area contributed by atoms with E-state index in [-0.39, 0.29) is 18.7 Å². The second-order valence-corrected chi connectivity index (χ2v) is 7.29. The van der Waals surface area contributed by atoms with Gasteiger partial charge in [-0.15, -0.1) is 0 Å². The molecule has 0 saturated carbocycles. The second kappa shape index (κ2) is 7.79. The molecule has 2 aromatic carbocycles. The molecule has 0 unspecified atom stereocenters. The van der Waals surface area contributed by atoms with E-state index in [2.05, 4.69) is 5.32 Å². The van der Waals surface area contributed by atoms with E-state index in [1.165, 1.54) is 13.0 Å². The van der Waals surface area contributed by atoms with Crippen LogP contribution in [-0.4, -0.2) is 41.2 Å². The molecule has 1 heterocycles. The van der Waals surface area contributed by atoms with Gasteiger partial charge in [0.2, 0.25) is 0 Å². The monoisotopic (exact) mass is 404 g/mol. The van der Waals surface area contributed by atoms with Crippen LogP contribution in [0.25, 0.3) is 0 Å². The predicted molar refractivity (Wildman–Crippen MR) is 101 cm³/mol. The lowest BCUT2D eigenvalue weighted by Gasteiger charge is -2.23. The number of aliphatic hydroxyl groups is 1. The third-order valence-corrected chi connectivity index (χ3v) is 4.99. The number of aryl methyl sites for hydroxylation is 2. The summed E-state index contributed by atoms with van der Waals surface area (Å²) in [5.74, 6) is -2.20. The number of urea groups is 1. The van der Waals surface area contributed by atoms with Crippen LogP contribution in [0.4, 0.5) is 13.6 Å². The Balaban J connectivity index is 1.70. The Morgan fingerprint density at radius 1 is 1.14 bits per heavy atom. The van der Waals surface area contributed by atoms with Gasteiger partial charge in [-0.25, -0.2) is 13.6 Å². The first kappa shape index (κ1) is 20.7. The molecule has 1 aliphatic rings. The van der Waals surface area contributed by atoms with Crippen LogP contribution in [0.5, 0.6) is 5.75 Å². The van der Waals surface area contributed by atoms with Crippen LogP contribution in [0.15, 0.2) is 36.4 Å². The van der Waals surface area contributed by atoms with Gasteiger partial charge in [-0.05, 0) is 49.6 Å². The average molecular weight is 404 g/mol. The smallest absolute Gasteiger partial charge is 0.325 e. The molecular formula is C21H22F2N2O4. The molecule has 0 aliphatic carbocycles. The minimum absolute atomic E-state index is 0.110. The van der Waals surface area contributed by atoms with Gasteiger partial charge in [0.05, 0.1) is 6.54 Å². The van der Waals surface area contributed by atoms with Gasteiger partial charge in [0.1, 0.15) is 24.0 Å². The van der Waals surface area contributed by atoms with Crippen LogP contribution >= 0.6 is 0 Å². The van der Waals surface area contributed by atoms with Crippen LogP contribution in [0, 0.1) is 25.5 Å². The number of β-amino-alcohol motifs (C(OH)–C–C–N with tert-alkyl or cyclic N) is 1. The summed E-state index contributed by atoms with van der Waals surface area (Å²) in [5.41, 5.74) is 0.355. The number of benzene rings is 2. The van der Waals surface area contributed by atoms with Crippen LogP contribution in [0.1, 0.15) is 23.6 Å². The van der Waals surface area contributed by atoms with Crippen LogP contribution in [0.2, 0.25) is 0 Å². The standard InChI is InChI=1S/C21H22F2N2O4/c1-12-5-4-6-13(2)18(12)29-11-15(26)10-25-19(27)21(3,24-20(25)28)14-7-8-16(22)17(23)9-14/h4-9,15,26H,10-11H2,1-3H3,(H,24,28)/t15-,21+/m1/s1. The number of halogens is 2. The van der Waals surface area contributed by atoms with Gasteiger partial charge < -0.3 is 15.2 Å². The molecule has 0 radical (unpaired) electrons. The maximum Gasteiger partial charge on any atom is 0.325 e. The molecular weight excluding hydrogens is 382 g/mol. The van der Waals surface area contributed by atoms with Crippen molar-refractivity contribution in [1.29, 1.82) is 0 Å². The van der Waals surface area contributed by atoms with E-state index in [9.17, 15) is 23.5 Å². The van der Waals surface area contributed by atoms with Crippen molar-refractivity contribution in [1.82, 2.24) is 10.2 Å². The number of nitrogens with one attached hydrogen (secondary N) is 1. The maximum atomic E-state index is 13.6. The summed E-state index contributed by atoms with van der Waals surface area (Å²) in [6.45, 7) is 4.73. The number of hydrogen-bond donors (Lipinski definition) is 2. The van der Waals surface area contributed by atoms with Crippen molar-refractivity contribution in [2.45, 2.75) is 32.4 Å². The first-order valence-corrected chi connectivity index (χ1v) is 9.10. The van der Waals surface area contributed by atoms with Gasteiger partial charge in [0.25, 0.3) is 5.91 Å². The lowest BCUT2D eigenvalue weighted by atomic mass is 9.92. The zero-order valence-electron chi connectivity index (χ0n) is 16.3. The number of rotatable bonds is 6. The number of amides is 3. The number of carbonyl (C=O) groups is 2. The van der Waals surface area contributed by atoms with E-state index in [1.807, 2.05) is 32.0 Å². The van der Waals surface area contributed by atoms with Gasteiger partial charge in [-0.1, -0.05) is 24.3 Å². The lowest BCUT2D eigenvalue weighted by molar-refractivity contribution is -0.132. The van der Waals surface area contributed by atoms with E-state index in [0.29, 0.717) is 5.75 Å². The molecule has 8 heteroatoms. The van der Waals surface area contributed by atoms with E-state index >= 15 is 0 Å². The summed E-state index contributed by atoms with van der Waals surface area (Å²) in [4.78, 5) is 26.0. The Morgan fingerprint density at radius 3 is 2.41 bits per heavy atom. The van der Waals surface area contributed by atoms with Crippen molar-refractivity contribution < 1.29 is 28.2 Å². The van der Waals surface area contributed by atoms with E-state index in [0.717, 1.165) is 28.2 Å². The van der Waals surface area contributed by atoms with E-state index in [4.69, 9.17) is 4.74 Å².